The highest BCUT2D eigenvalue weighted by Gasteiger charge is 2.18. The number of halogens is 1. The molecular weight excluding hydrogens is 484 g/mol. The lowest BCUT2D eigenvalue weighted by molar-refractivity contribution is -0.142. The van der Waals surface area contributed by atoms with Gasteiger partial charge in [-0.15, -0.1) is 0 Å². The molecule has 3 aromatic rings. The highest BCUT2D eigenvalue weighted by Crippen LogP contribution is 2.25. The van der Waals surface area contributed by atoms with Crippen molar-refractivity contribution < 1.29 is 23.9 Å². The van der Waals surface area contributed by atoms with Crippen LogP contribution in [0.15, 0.2) is 60.8 Å². The number of methoxy groups -OCH3 is 1. The van der Waals surface area contributed by atoms with Crippen LogP contribution >= 0.6 is 11.6 Å². The standard InChI is InChI=1S/C26H25ClN4O5/c1-31(2)25(28)16-4-6-17(7-5-16)26(34)30-22-11-10-20(36-15-24(33)35-3)13-21(22)23(32)12-19-9-8-18(27)14-29-19/h4-11,13-14,28H,12,15H2,1-3H3,(H,30,34). The Bertz CT molecular complexity index is 1270. The van der Waals surface area contributed by atoms with E-state index in [0.717, 1.165) is 0 Å². The summed E-state index contributed by atoms with van der Waals surface area (Å²) in [5, 5.41) is 11.3. The van der Waals surface area contributed by atoms with E-state index >= 15 is 0 Å². The van der Waals surface area contributed by atoms with Gasteiger partial charge in [-0.3, -0.25) is 20.0 Å². The first-order valence-electron chi connectivity index (χ1n) is 10.8. The molecular formula is C26H25ClN4O5. The average molecular weight is 509 g/mol. The van der Waals surface area contributed by atoms with Gasteiger partial charge in [-0.05, 0) is 42.5 Å². The van der Waals surface area contributed by atoms with Gasteiger partial charge in [0.15, 0.2) is 12.4 Å². The first kappa shape index (κ1) is 26.4. The van der Waals surface area contributed by atoms with Crippen LogP contribution in [0.25, 0.3) is 0 Å². The van der Waals surface area contributed by atoms with Crippen molar-refractivity contribution in [3.05, 3.63) is 88.2 Å². The molecule has 2 N–H and O–H groups in total. The average Bonchev–Trinajstić information content (AvgIpc) is 2.88. The summed E-state index contributed by atoms with van der Waals surface area (Å²) in [4.78, 5) is 43.4. The first-order valence-corrected chi connectivity index (χ1v) is 11.2. The molecule has 1 aromatic heterocycles. The van der Waals surface area contributed by atoms with Crippen LogP contribution in [-0.4, -0.2) is 61.2 Å². The third kappa shape index (κ3) is 6.89. The van der Waals surface area contributed by atoms with Crippen LogP contribution in [0, 0.1) is 5.41 Å². The first-order chi connectivity index (χ1) is 17.2. The van der Waals surface area contributed by atoms with Crippen LogP contribution in [0.2, 0.25) is 5.02 Å². The van der Waals surface area contributed by atoms with Gasteiger partial charge < -0.3 is 19.7 Å². The van der Waals surface area contributed by atoms with Gasteiger partial charge in [-0.25, -0.2) is 4.79 Å². The fraction of sp³-hybridized carbons (Fsp3) is 0.192. The second-order valence-corrected chi connectivity index (χ2v) is 8.35. The van der Waals surface area contributed by atoms with E-state index in [-0.39, 0.29) is 35.8 Å². The molecule has 0 atom stereocenters. The van der Waals surface area contributed by atoms with Crippen molar-refractivity contribution in [1.29, 1.82) is 5.41 Å². The summed E-state index contributed by atoms with van der Waals surface area (Å²) in [6.07, 6.45) is 1.41. The van der Waals surface area contributed by atoms with Crippen LogP contribution in [-0.2, 0) is 16.0 Å². The van der Waals surface area contributed by atoms with E-state index in [1.54, 1.807) is 55.4 Å². The largest absolute Gasteiger partial charge is 0.482 e. The molecule has 2 aromatic carbocycles. The summed E-state index contributed by atoms with van der Waals surface area (Å²) in [5.74, 6) is -0.750. The number of rotatable bonds is 9. The molecule has 10 heteroatoms. The molecule has 0 saturated heterocycles. The summed E-state index contributed by atoms with van der Waals surface area (Å²) in [7, 11) is 4.77. The Morgan fingerprint density at radius 2 is 1.72 bits per heavy atom. The fourth-order valence-corrected chi connectivity index (χ4v) is 3.27. The topological polar surface area (TPSA) is 122 Å². The minimum absolute atomic E-state index is 0.0398. The minimum Gasteiger partial charge on any atom is -0.482 e. The number of hydrogen-bond donors (Lipinski definition) is 2. The van der Waals surface area contributed by atoms with Gasteiger partial charge in [0.25, 0.3) is 5.91 Å². The third-order valence-electron chi connectivity index (χ3n) is 5.12. The normalized spacial score (nSPS) is 10.3. The second kappa shape index (κ2) is 11.9. The lowest BCUT2D eigenvalue weighted by Gasteiger charge is -2.15. The van der Waals surface area contributed by atoms with E-state index in [1.165, 1.54) is 31.5 Å². The highest BCUT2D eigenvalue weighted by atomic mass is 35.5. The number of aromatic nitrogens is 1. The molecule has 0 fully saturated rings. The molecule has 0 aliphatic rings. The van der Waals surface area contributed by atoms with Gasteiger partial charge in [-0.1, -0.05) is 23.7 Å². The molecule has 1 heterocycles. The van der Waals surface area contributed by atoms with Crippen molar-refractivity contribution in [3.8, 4) is 5.75 Å². The van der Waals surface area contributed by atoms with E-state index < -0.39 is 11.9 Å². The lowest BCUT2D eigenvalue weighted by Crippen LogP contribution is -2.22. The number of ether oxygens (including phenoxy) is 2. The Kier molecular flexibility index (Phi) is 8.75. The molecule has 9 nitrogen and oxygen atoms in total. The number of nitrogens with zero attached hydrogens (tertiary/aromatic N) is 2. The zero-order valence-corrected chi connectivity index (χ0v) is 20.8. The van der Waals surface area contributed by atoms with E-state index in [4.69, 9.17) is 21.7 Å². The number of carbonyl (C=O) groups excluding carboxylic acids is 3. The second-order valence-electron chi connectivity index (χ2n) is 7.91. The van der Waals surface area contributed by atoms with Gasteiger partial charge in [-0.2, -0.15) is 0 Å². The molecule has 0 saturated carbocycles. The fourth-order valence-electron chi connectivity index (χ4n) is 3.16. The van der Waals surface area contributed by atoms with Gasteiger partial charge in [0, 0.05) is 42.7 Å². The quantitative estimate of drug-likeness (QED) is 0.195. The number of ketones is 1. The Morgan fingerprint density at radius 1 is 1.03 bits per heavy atom. The summed E-state index contributed by atoms with van der Waals surface area (Å²) in [5.41, 5.74) is 1.98. The number of amidine groups is 1. The molecule has 1 amide bonds. The van der Waals surface area contributed by atoms with Crippen molar-refractivity contribution >= 4 is 40.8 Å². The smallest absolute Gasteiger partial charge is 0.343 e. The van der Waals surface area contributed by atoms with Crippen LogP contribution in [0.4, 0.5) is 5.69 Å². The van der Waals surface area contributed by atoms with Crippen molar-refractivity contribution in [2.24, 2.45) is 0 Å². The zero-order chi connectivity index (χ0) is 26.2. The number of carbonyl (C=O) groups is 3. The number of Topliss-reactive ketones (excluding diaryl/α,β-unsaturated/α-hetero) is 1. The Hall–Kier alpha value is -4.24. The summed E-state index contributed by atoms with van der Waals surface area (Å²) >= 11 is 5.88. The lowest BCUT2D eigenvalue weighted by atomic mass is 10.0. The number of anilines is 1. The maximum absolute atomic E-state index is 13.2. The highest BCUT2D eigenvalue weighted by molar-refractivity contribution is 6.30. The Balaban J connectivity index is 1.85. The summed E-state index contributed by atoms with van der Waals surface area (Å²) < 4.78 is 10.00. The van der Waals surface area contributed by atoms with E-state index in [0.29, 0.717) is 27.7 Å². The summed E-state index contributed by atoms with van der Waals surface area (Å²) in [6.45, 7) is -0.330. The van der Waals surface area contributed by atoms with Crippen molar-refractivity contribution in [3.63, 3.8) is 0 Å². The van der Waals surface area contributed by atoms with Crippen molar-refractivity contribution in [2.75, 3.05) is 33.1 Å². The molecule has 0 radical (unpaired) electrons. The maximum Gasteiger partial charge on any atom is 0.343 e. The predicted molar refractivity (Wildman–Crippen MR) is 136 cm³/mol. The maximum atomic E-state index is 13.2. The molecule has 0 aliphatic carbocycles. The third-order valence-corrected chi connectivity index (χ3v) is 5.35. The minimum atomic E-state index is -0.573. The SMILES string of the molecule is COC(=O)COc1ccc(NC(=O)c2ccc(C(=N)N(C)C)cc2)c(C(=O)Cc2ccc(Cl)cn2)c1. The van der Waals surface area contributed by atoms with Gasteiger partial charge in [0.1, 0.15) is 11.6 Å². The van der Waals surface area contributed by atoms with Crippen LogP contribution < -0.4 is 10.1 Å². The van der Waals surface area contributed by atoms with Gasteiger partial charge in [0.2, 0.25) is 0 Å². The molecule has 0 aliphatic heterocycles. The number of hydrogen-bond acceptors (Lipinski definition) is 7. The van der Waals surface area contributed by atoms with Crippen LogP contribution in [0.3, 0.4) is 0 Å². The number of nitrogens with one attached hydrogen (secondary N) is 2. The van der Waals surface area contributed by atoms with E-state index in [2.05, 4.69) is 15.0 Å². The van der Waals surface area contributed by atoms with E-state index in [9.17, 15) is 14.4 Å². The molecule has 0 spiro atoms. The van der Waals surface area contributed by atoms with Gasteiger partial charge >= 0.3 is 5.97 Å². The predicted octanol–water partition coefficient (Wildman–Crippen LogP) is 3.85. The molecule has 0 unspecified atom stereocenters. The zero-order valence-electron chi connectivity index (χ0n) is 20.0. The Morgan fingerprint density at radius 3 is 2.33 bits per heavy atom. The van der Waals surface area contributed by atoms with Crippen molar-refractivity contribution in [2.45, 2.75) is 6.42 Å². The molecule has 3 rings (SSSR count). The summed E-state index contributed by atoms with van der Waals surface area (Å²) in [6, 6.07) is 14.4. The van der Waals surface area contributed by atoms with E-state index in [1.807, 2.05) is 0 Å². The van der Waals surface area contributed by atoms with Crippen molar-refractivity contribution in [1.82, 2.24) is 9.88 Å². The molecule has 186 valence electrons. The number of esters is 1. The number of amides is 1. The monoisotopic (exact) mass is 508 g/mol. The number of pyridine rings is 1. The van der Waals surface area contributed by atoms with Crippen LogP contribution in [0.1, 0.15) is 32.0 Å². The number of benzene rings is 2. The molecule has 0 bridgehead atoms. The van der Waals surface area contributed by atoms with Crippen LogP contribution in [0.5, 0.6) is 5.75 Å². The Labute approximate surface area is 213 Å². The molecule has 36 heavy (non-hydrogen) atoms. The van der Waals surface area contributed by atoms with Gasteiger partial charge in [0.05, 0.1) is 24.2 Å².